The summed E-state index contributed by atoms with van der Waals surface area (Å²) in [4.78, 5) is 7.94. The van der Waals surface area contributed by atoms with Crippen LogP contribution >= 0.6 is 0 Å². The summed E-state index contributed by atoms with van der Waals surface area (Å²) in [5.41, 5.74) is 7.22. The number of methoxy groups -OCH3 is 1. The first-order valence-electron chi connectivity index (χ1n) is 9.33. The van der Waals surface area contributed by atoms with Crippen molar-refractivity contribution in [3.63, 3.8) is 0 Å². The summed E-state index contributed by atoms with van der Waals surface area (Å²) in [5.74, 6) is 1.71. The van der Waals surface area contributed by atoms with Crippen LogP contribution in [0.25, 0.3) is 5.70 Å². The summed E-state index contributed by atoms with van der Waals surface area (Å²) >= 11 is 0. The number of nitrogens with zero attached hydrogens (tertiary/aromatic N) is 1. The molecule has 2 aromatic rings. The summed E-state index contributed by atoms with van der Waals surface area (Å²) in [6.45, 7) is 1.66. The summed E-state index contributed by atoms with van der Waals surface area (Å²) < 4.78 is 11.9. The Kier molecular flexibility index (Phi) is 4.81. The quantitative estimate of drug-likeness (QED) is 0.571. The molecular weight excluding hydrogens is 340 g/mol. The van der Waals surface area contributed by atoms with E-state index in [1.807, 2.05) is 30.3 Å². The monoisotopic (exact) mass is 366 g/mol. The van der Waals surface area contributed by atoms with Crippen molar-refractivity contribution in [2.45, 2.75) is 18.4 Å². The van der Waals surface area contributed by atoms with E-state index in [-0.39, 0.29) is 0 Å². The van der Waals surface area contributed by atoms with Crippen molar-refractivity contribution in [2.75, 3.05) is 34.4 Å². The van der Waals surface area contributed by atoms with Gasteiger partial charge in [-0.3, -0.25) is 10.3 Å². The van der Waals surface area contributed by atoms with Crippen molar-refractivity contribution in [3.05, 3.63) is 65.2 Å². The Morgan fingerprint density at radius 1 is 1.15 bits per heavy atom. The Balaban J connectivity index is 1.59. The van der Waals surface area contributed by atoms with Crippen molar-refractivity contribution in [3.8, 4) is 11.5 Å². The SMILES string of the molecule is COc1cccc(C23CC2=C(NOCCCN(C)C)c2ccccc2O3)c1. The van der Waals surface area contributed by atoms with Gasteiger partial charge in [-0.2, -0.15) is 0 Å². The van der Waals surface area contributed by atoms with Gasteiger partial charge in [0.15, 0.2) is 5.60 Å². The Hall–Kier alpha value is -2.50. The second kappa shape index (κ2) is 7.25. The fourth-order valence-electron chi connectivity index (χ4n) is 3.61. The molecule has 0 saturated heterocycles. The van der Waals surface area contributed by atoms with Crippen LogP contribution in [0.15, 0.2) is 54.1 Å². The van der Waals surface area contributed by atoms with Crippen molar-refractivity contribution in [1.82, 2.24) is 10.4 Å². The highest BCUT2D eigenvalue weighted by Gasteiger charge is 2.58. The smallest absolute Gasteiger partial charge is 0.162 e. The molecule has 1 atom stereocenters. The van der Waals surface area contributed by atoms with Gasteiger partial charge in [0.05, 0.1) is 19.4 Å². The Morgan fingerprint density at radius 3 is 2.81 bits per heavy atom. The Labute approximate surface area is 160 Å². The lowest BCUT2D eigenvalue weighted by Gasteiger charge is -2.26. The number of hydrogen-bond acceptors (Lipinski definition) is 5. The van der Waals surface area contributed by atoms with Crippen LogP contribution in [0.3, 0.4) is 0 Å². The van der Waals surface area contributed by atoms with Gasteiger partial charge in [-0.25, -0.2) is 0 Å². The molecule has 4 rings (SSSR count). The fourth-order valence-corrected chi connectivity index (χ4v) is 3.61. The lowest BCUT2D eigenvalue weighted by molar-refractivity contribution is 0.0708. The summed E-state index contributed by atoms with van der Waals surface area (Å²) in [7, 11) is 5.82. The minimum absolute atomic E-state index is 0.418. The standard InChI is InChI=1S/C22H26N2O3/c1-24(2)12-7-13-26-23-21-18-10-4-5-11-20(18)27-22(15-19(21)22)16-8-6-9-17(14-16)25-3/h4-6,8-11,14,23H,7,12-13,15H2,1-3H3. The van der Waals surface area contributed by atoms with E-state index < -0.39 is 5.60 Å². The minimum atomic E-state index is -0.418. The van der Waals surface area contributed by atoms with Crippen LogP contribution in [0.4, 0.5) is 0 Å². The van der Waals surface area contributed by atoms with Gasteiger partial charge in [-0.15, -0.1) is 0 Å². The average molecular weight is 366 g/mol. The highest BCUT2D eigenvalue weighted by Crippen LogP contribution is 2.61. The van der Waals surface area contributed by atoms with Crippen LogP contribution in [-0.4, -0.2) is 39.3 Å². The zero-order valence-corrected chi connectivity index (χ0v) is 16.1. The van der Waals surface area contributed by atoms with E-state index in [0.717, 1.165) is 47.7 Å². The number of fused-ring (bicyclic) bond motifs is 2. The van der Waals surface area contributed by atoms with Crippen LogP contribution < -0.4 is 15.0 Å². The molecule has 0 aromatic heterocycles. The molecule has 5 nitrogen and oxygen atoms in total. The van der Waals surface area contributed by atoms with E-state index in [1.54, 1.807) is 7.11 Å². The predicted octanol–water partition coefficient (Wildman–Crippen LogP) is 3.57. The molecule has 1 aliphatic carbocycles. The number of ether oxygens (including phenoxy) is 2. The maximum Gasteiger partial charge on any atom is 0.162 e. The number of hydrogen-bond donors (Lipinski definition) is 1. The summed E-state index contributed by atoms with van der Waals surface area (Å²) in [6.07, 6.45) is 1.82. The third kappa shape index (κ3) is 3.40. The first-order chi connectivity index (χ1) is 13.1. The van der Waals surface area contributed by atoms with Crippen LogP contribution in [0.2, 0.25) is 0 Å². The molecule has 1 unspecified atom stereocenters. The highest BCUT2D eigenvalue weighted by atomic mass is 16.6. The zero-order chi connectivity index (χ0) is 18.9. The molecule has 0 radical (unpaired) electrons. The molecular formula is C22H26N2O3. The molecule has 5 heteroatoms. The average Bonchev–Trinajstić information content (AvgIpc) is 3.42. The van der Waals surface area contributed by atoms with Crippen LogP contribution in [0.5, 0.6) is 11.5 Å². The molecule has 1 saturated carbocycles. The zero-order valence-electron chi connectivity index (χ0n) is 16.1. The van der Waals surface area contributed by atoms with Gasteiger partial charge >= 0.3 is 0 Å². The Bertz CT molecular complexity index is 862. The van der Waals surface area contributed by atoms with E-state index in [4.69, 9.17) is 14.3 Å². The molecule has 0 spiro atoms. The molecule has 1 heterocycles. The van der Waals surface area contributed by atoms with Crippen molar-refractivity contribution >= 4 is 5.70 Å². The first kappa shape index (κ1) is 17.9. The van der Waals surface area contributed by atoms with E-state index in [9.17, 15) is 0 Å². The molecule has 1 N–H and O–H groups in total. The summed E-state index contributed by atoms with van der Waals surface area (Å²) in [6, 6.07) is 16.2. The molecule has 0 amide bonds. The van der Waals surface area contributed by atoms with E-state index in [0.29, 0.717) is 6.61 Å². The predicted molar refractivity (Wildman–Crippen MR) is 106 cm³/mol. The number of para-hydroxylation sites is 1. The second-order valence-electron chi connectivity index (χ2n) is 7.29. The Morgan fingerprint density at radius 2 is 2.00 bits per heavy atom. The lowest BCUT2D eigenvalue weighted by Crippen LogP contribution is -2.25. The van der Waals surface area contributed by atoms with Crippen LogP contribution in [0, 0.1) is 0 Å². The molecule has 27 heavy (non-hydrogen) atoms. The van der Waals surface area contributed by atoms with Gasteiger partial charge < -0.3 is 14.4 Å². The third-order valence-corrected chi connectivity index (χ3v) is 5.09. The van der Waals surface area contributed by atoms with Crippen molar-refractivity contribution in [2.24, 2.45) is 0 Å². The van der Waals surface area contributed by atoms with Gasteiger partial charge in [-0.05, 0) is 51.3 Å². The van der Waals surface area contributed by atoms with E-state index in [1.165, 1.54) is 5.57 Å². The normalized spacial score (nSPS) is 20.0. The van der Waals surface area contributed by atoms with Crippen molar-refractivity contribution in [1.29, 1.82) is 0 Å². The fraction of sp³-hybridized carbons (Fsp3) is 0.364. The number of nitrogens with one attached hydrogen (secondary N) is 1. The molecule has 1 aliphatic heterocycles. The molecule has 0 bridgehead atoms. The number of hydroxylamine groups is 1. The van der Waals surface area contributed by atoms with Gasteiger partial charge in [0.2, 0.25) is 0 Å². The largest absolute Gasteiger partial charge is 0.497 e. The minimum Gasteiger partial charge on any atom is -0.497 e. The van der Waals surface area contributed by atoms with Crippen LogP contribution in [0.1, 0.15) is 24.0 Å². The number of rotatable bonds is 8. The topological polar surface area (TPSA) is 43.0 Å². The van der Waals surface area contributed by atoms with Gasteiger partial charge in [0, 0.05) is 23.1 Å². The number of benzene rings is 2. The second-order valence-corrected chi connectivity index (χ2v) is 7.29. The first-order valence-corrected chi connectivity index (χ1v) is 9.33. The highest BCUT2D eigenvalue weighted by molar-refractivity contribution is 5.80. The van der Waals surface area contributed by atoms with E-state index in [2.05, 4.69) is 42.7 Å². The molecule has 2 aromatic carbocycles. The van der Waals surface area contributed by atoms with E-state index >= 15 is 0 Å². The molecule has 1 fully saturated rings. The van der Waals surface area contributed by atoms with Gasteiger partial charge in [0.1, 0.15) is 11.5 Å². The third-order valence-electron chi connectivity index (χ3n) is 5.09. The van der Waals surface area contributed by atoms with Crippen molar-refractivity contribution < 1.29 is 14.3 Å². The lowest BCUT2D eigenvalue weighted by atomic mass is 10.0. The summed E-state index contributed by atoms with van der Waals surface area (Å²) in [5, 5.41) is 0. The van der Waals surface area contributed by atoms with Gasteiger partial charge in [0.25, 0.3) is 0 Å². The van der Waals surface area contributed by atoms with Gasteiger partial charge in [-0.1, -0.05) is 24.3 Å². The maximum absolute atomic E-state index is 6.45. The maximum atomic E-state index is 6.45. The van der Waals surface area contributed by atoms with Crippen LogP contribution in [-0.2, 0) is 10.4 Å². The molecule has 142 valence electrons. The molecule has 2 aliphatic rings.